The summed E-state index contributed by atoms with van der Waals surface area (Å²) in [7, 11) is 1.15. The van der Waals surface area contributed by atoms with Crippen molar-refractivity contribution in [3.63, 3.8) is 0 Å². The Labute approximate surface area is 111 Å². The Balaban J connectivity index is 2.35. The molecule has 1 aliphatic rings. The number of fused-ring (bicyclic) bond motifs is 1. The maximum absolute atomic E-state index is 12.4. The molecule has 0 N–H and O–H groups in total. The van der Waals surface area contributed by atoms with Gasteiger partial charge in [-0.1, -0.05) is 30.7 Å². The lowest BCUT2D eigenvalue weighted by atomic mass is 9.83. The second-order valence-electron chi connectivity index (χ2n) is 4.68. The Morgan fingerprint density at radius 2 is 1.95 bits per heavy atom. The van der Waals surface area contributed by atoms with Crippen molar-refractivity contribution in [3.8, 4) is 0 Å². The lowest BCUT2D eigenvalue weighted by molar-refractivity contribution is -0.153. The zero-order valence-electron chi connectivity index (χ0n) is 10.8. The summed E-state index contributed by atoms with van der Waals surface area (Å²) in [6.45, 7) is 0. The molecule has 19 heavy (non-hydrogen) atoms. The molecule has 100 valence electrons. The van der Waals surface area contributed by atoms with E-state index in [1.807, 2.05) is 12.1 Å². The first-order valence-electron chi connectivity index (χ1n) is 6.39. The van der Waals surface area contributed by atoms with Gasteiger partial charge in [-0.15, -0.1) is 0 Å². The quantitative estimate of drug-likeness (QED) is 0.463. The van der Waals surface area contributed by atoms with Gasteiger partial charge < -0.3 is 4.74 Å². The summed E-state index contributed by atoms with van der Waals surface area (Å²) in [5.74, 6) is -2.82. The van der Waals surface area contributed by atoms with Gasteiger partial charge in [-0.05, 0) is 24.8 Å². The van der Waals surface area contributed by atoms with Crippen LogP contribution in [-0.2, 0) is 20.7 Å². The van der Waals surface area contributed by atoms with Gasteiger partial charge in [0.2, 0.25) is 0 Å². The van der Waals surface area contributed by atoms with E-state index in [9.17, 15) is 14.4 Å². The van der Waals surface area contributed by atoms with Crippen LogP contribution in [0.15, 0.2) is 24.3 Å². The van der Waals surface area contributed by atoms with Gasteiger partial charge in [-0.3, -0.25) is 9.59 Å². The zero-order valence-corrected chi connectivity index (χ0v) is 10.8. The van der Waals surface area contributed by atoms with E-state index in [1.54, 1.807) is 12.1 Å². The Morgan fingerprint density at radius 1 is 1.21 bits per heavy atom. The summed E-state index contributed by atoms with van der Waals surface area (Å²) in [5, 5.41) is 0. The average molecular weight is 260 g/mol. The third-order valence-corrected chi connectivity index (χ3v) is 3.49. The van der Waals surface area contributed by atoms with Crippen molar-refractivity contribution < 1.29 is 19.1 Å². The Kier molecular flexibility index (Phi) is 4.10. The fourth-order valence-corrected chi connectivity index (χ4v) is 2.45. The van der Waals surface area contributed by atoms with E-state index >= 15 is 0 Å². The minimum Gasteiger partial charge on any atom is -0.463 e. The van der Waals surface area contributed by atoms with Crippen molar-refractivity contribution in [3.05, 3.63) is 35.4 Å². The highest BCUT2D eigenvalue weighted by molar-refractivity contribution is 6.39. The number of hydrogen-bond donors (Lipinski definition) is 0. The largest absolute Gasteiger partial charge is 0.463 e. The van der Waals surface area contributed by atoms with Gasteiger partial charge in [-0.25, -0.2) is 4.79 Å². The minimum absolute atomic E-state index is 0.259. The normalized spacial score (nSPS) is 19.0. The molecule has 1 atom stereocenters. The van der Waals surface area contributed by atoms with E-state index in [4.69, 9.17) is 0 Å². The van der Waals surface area contributed by atoms with E-state index in [1.165, 1.54) is 0 Å². The van der Waals surface area contributed by atoms with E-state index in [-0.39, 0.29) is 5.78 Å². The molecular formula is C15H16O4. The predicted molar refractivity (Wildman–Crippen MR) is 68.8 cm³/mol. The third-order valence-electron chi connectivity index (χ3n) is 3.49. The van der Waals surface area contributed by atoms with Crippen LogP contribution in [0.25, 0.3) is 0 Å². The first kappa shape index (κ1) is 13.5. The molecule has 4 heteroatoms. The van der Waals surface area contributed by atoms with Crippen molar-refractivity contribution in [1.82, 2.24) is 0 Å². The van der Waals surface area contributed by atoms with Crippen LogP contribution in [0.2, 0.25) is 0 Å². The third kappa shape index (κ3) is 2.72. The van der Waals surface area contributed by atoms with Crippen LogP contribution in [-0.4, -0.2) is 24.6 Å². The molecule has 0 saturated carbocycles. The van der Waals surface area contributed by atoms with Gasteiger partial charge in [0.15, 0.2) is 5.78 Å². The number of benzene rings is 1. The molecule has 0 aliphatic heterocycles. The molecule has 0 bridgehead atoms. The highest BCUT2D eigenvalue weighted by atomic mass is 16.5. The molecule has 1 aromatic carbocycles. The van der Waals surface area contributed by atoms with Crippen LogP contribution in [0.5, 0.6) is 0 Å². The summed E-state index contributed by atoms with van der Waals surface area (Å²) < 4.78 is 4.43. The first-order valence-corrected chi connectivity index (χ1v) is 6.39. The number of esters is 1. The molecule has 0 amide bonds. The van der Waals surface area contributed by atoms with Crippen LogP contribution in [0, 0.1) is 5.92 Å². The molecule has 0 spiro atoms. The second kappa shape index (κ2) is 5.78. The van der Waals surface area contributed by atoms with E-state index < -0.39 is 17.7 Å². The molecule has 2 rings (SSSR count). The van der Waals surface area contributed by atoms with E-state index in [0.29, 0.717) is 12.0 Å². The van der Waals surface area contributed by atoms with Crippen molar-refractivity contribution in [2.45, 2.75) is 25.7 Å². The van der Waals surface area contributed by atoms with Crippen molar-refractivity contribution in [2.75, 3.05) is 7.11 Å². The lowest BCUT2D eigenvalue weighted by Gasteiger charge is -2.18. The number of methoxy groups -OCH3 is 1. The van der Waals surface area contributed by atoms with Crippen molar-refractivity contribution in [2.24, 2.45) is 5.92 Å². The summed E-state index contributed by atoms with van der Waals surface area (Å²) in [6.07, 6.45) is 2.92. The molecule has 0 fully saturated rings. The maximum Gasteiger partial charge on any atom is 0.375 e. The smallest absolute Gasteiger partial charge is 0.375 e. The van der Waals surface area contributed by atoms with Crippen LogP contribution >= 0.6 is 0 Å². The number of carbonyl (C=O) groups is 3. The first-order chi connectivity index (χ1) is 9.15. The summed E-state index contributed by atoms with van der Waals surface area (Å²) in [4.78, 5) is 35.7. The SMILES string of the molecule is COC(=O)C(=O)C1CCCCc2ccccc2C1=O. The highest BCUT2D eigenvalue weighted by Crippen LogP contribution is 2.24. The zero-order chi connectivity index (χ0) is 13.8. The Morgan fingerprint density at radius 3 is 2.68 bits per heavy atom. The number of ether oxygens (including phenoxy) is 1. The highest BCUT2D eigenvalue weighted by Gasteiger charge is 2.34. The monoisotopic (exact) mass is 260 g/mol. The molecule has 0 saturated heterocycles. The molecule has 0 aromatic heterocycles. The lowest BCUT2D eigenvalue weighted by Crippen LogP contribution is -2.32. The average Bonchev–Trinajstić information content (AvgIpc) is 2.43. The van der Waals surface area contributed by atoms with Gasteiger partial charge in [0, 0.05) is 5.56 Å². The number of aryl methyl sites for hydroxylation is 1. The molecular weight excluding hydrogens is 244 g/mol. The Bertz CT molecular complexity index is 519. The van der Waals surface area contributed by atoms with Gasteiger partial charge in [-0.2, -0.15) is 0 Å². The predicted octanol–water partition coefficient (Wildman–Crippen LogP) is 1.95. The van der Waals surface area contributed by atoms with Crippen molar-refractivity contribution >= 4 is 17.5 Å². The van der Waals surface area contributed by atoms with Gasteiger partial charge in [0.05, 0.1) is 13.0 Å². The number of Topliss-reactive ketones (excluding diaryl/α,β-unsaturated/α-hetero) is 2. The molecule has 0 heterocycles. The van der Waals surface area contributed by atoms with Gasteiger partial charge in [0.1, 0.15) is 0 Å². The summed E-state index contributed by atoms with van der Waals surface area (Å²) in [5.41, 5.74) is 1.51. The van der Waals surface area contributed by atoms with Gasteiger partial charge >= 0.3 is 5.97 Å². The molecule has 1 aromatic rings. The Hall–Kier alpha value is -1.97. The fourth-order valence-electron chi connectivity index (χ4n) is 2.45. The molecule has 4 nitrogen and oxygen atoms in total. The molecule has 0 radical (unpaired) electrons. The fraction of sp³-hybridized carbons (Fsp3) is 0.400. The topological polar surface area (TPSA) is 60.4 Å². The maximum atomic E-state index is 12.4. The van der Waals surface area contributed by atoms with E-state index in [0.717, 1.165) is 31.9 Å². The summed E-state index contributed by atoms with van der Waals surface area (Å²) >= 11 is 0. The number of hydrogen-bond acceptors (Lipinski definition) is 4. The van der Waals surface area contributed by atoms with Gasteiger partial charge in [0.25, 0.3) is 5.78 Å². The van der Waals surface area contributed by atoms with E-state index in [2.05, 4.69) is 4.74 Å². The minimum atomic E-state index is -0.934. The standard InChI is InChI=1S/C15H16O4/c1-19-15(18)14(17)12-9-5-3-7-10-6-2-4-8-11(10)13(12)16/h2,4,6,8,12H,3,5,7,9H2,1H3. The summed E-state index contributed by atoms with van der Waals surface area (Å²) in [6, 6.07) is 7.28. The van der Waals surface area contributed by atoms with Crippen molar-refractivity contribution in [1.29, 1.82) is 0 Å². The number of rotatable bonds is 2. The molecule has 1 unspecified atom stereocenters. The number of carbonyl (C=O) groups excluding carboxylic acids is 3. The van der Waals surface area contributed by atoms with Crippen LogP contribution < -0.4 is 0 Å². The van der Waals surface area contributed by atoms with Crippen LogP contribution in [0.4, 0.5) is 0 Å². The number of ketones is 2. The van der Waals surface area contributed by atoms with Crippen LogP contribution in [0.1, 0.15) is 35.2 Å². The molecule has 1 aliphatic carbocycles. The second-order valence-corrected chi connectivity index (χ2v) is 4.68. The van der Waals surface area contributed by atoms with Crippen LogP contribution in [0.3, 0.4) is 0 Å².